The highest BCUT2D eigenvalue weighted by Gasteiger charge is 2.06. The number of amides is 1. The van der Waals surface area contributed by atoms with Gasteiger partial charge >= 0.3 is 0 Å². The zero-order valence-electron chi connectivity index (χ0n) is 13.8. The number of rotatable bonds is 6. The summed E-state index contributed by atoms with van der Waals surface area (Å²) in [7, 11) is 0. The van der Waals surface area contributed by atoms with Crippen LogP contribution >= 0.6 is 34.8 Å². The van der Waals surface area contributed by atoms with Crippen LogP contribution in [0.3, 0.4) is 0 Å². The van der Waals surface area contributed by atoms with Gasteiger partial charge < -0.3 is 9.15 Å². The van der Waals surface area contributed by atoms with Gasteiger partial charge in [0.15, 0.2) is 6.61 Å². The molecule has 0 unspecified atom stereocenters. The quantitative estimate of drug-likeness (QED) is 0.424. The molecule has 0 saturated heterocycles. The van der Waals surface area contributed by atoms with Gasteiger partial charge in [-0.2, -0.15) is 5.10 Å². The minimum atomic E-state index is -0.443. The first kappa shape index (κ1) is 19.3. The summed E-state index contributed by atoms with van der Waals surface area (Å²) < 4.78 is 11.0. The summed E-state index contributed by atoms with van der Waals surface area (Å²) in [6.07, 6.45) is 1.40. The van der Waals surface area contributed by atoms with Gasteiger partial charge in [0.2, 0.25) is 0 Å². The van der Waals surface area contributed by atoms with Crippen molar-refractivity contribution in [2.24, 2.45) is 5.10 Å². The predicted octanol–water partition coefficient (Wildman–Crippen LogP) is 5.44. The fraction of sp³-hybridized carbons (Fsp3) is 0.0526. The fourth-order valence-electron chi connectivity index (χ4n) is 2.13. The van der Waals surface area contributed by atoms with Crippen molar-refractivity contribution in [2.75, 3.05) is 6.61 Å². The van der Waals surface area contributed by atoms with Crippen molar-refractivity contribution in [1.29, 1.82) is 0 Å². The van der Waals surface area contributed by atoms with Crippen LogP contribution in [0.15, 0.2) is 64.1 Å². The molecule has 0 aliphatic carbocycles. The maximum absolute atomic E-state index is 11.8. The van der Waals surface area contributed by atoms with Crippen molar-refractivity contribution in [3.63, 3.8) is 0 Å². The molecule has 1 N–H and O–H groups in total. The Hall–Kier alpha value is -2.47. The molecule has 1 amide bonds. The summed E-state index contributed by atoms with van der Waals surface area (Å²) in [5.41, 5.74) is 3.23. The zero-order chi connectivity index (χ0) is 19.2. The molecular weight excluding hydrogens is 411 g/mol. The minimum absolute atomic E-state index is 0.243. The Morgan fingerprint density at radius 2 is 1.78 bits per heavy atom. The molecule has 0 aliphatic heterocycles. The lowest BCUT2D eigenvalue weighted by molar-refractivity contribution is -0.123. The SMILES string of the molecule is O=C(COc1ccc(Cl)cc1Cl)N/N=C/c1ccc(-c2ccc(Cl)cc2)o1. The van der Waals surface area contributed by atoms with E-state index in [2.05, 4.69) is 10.5 Å². The van der Waals surface area contributed by atoms with E-state index in [1.54, 1.807) is 36.4 Å². The summed E-state index contributed by atoms with van der Waals surface area (Å²) >= 11 is 17.6. The van der Waals surface area contributed by atoms with Crippen LogP contribution in [0.4, 0.5) is 0 Å². The lowest BCUT2D eigenvalue weighted by atomic mass is 10.2. The van der Waals surface area contributed by atoms with Crippen molar-refractivity contribution >= 4 is 46.9 Å². The predicted molar refractivity (Wildman–Crippen MR) is 107 cm³/mol. The van der Waals surface area contributed by atoms with Gasteiger partial charge in [0, 0.05) is 15.6 Å². The summed E-state index contributed by atoms with van der Waals surface area (Å²) in [5.74, 6) is 1.07. The highest BCUT2D eigenvalue weighted by atomic mass is 35.5. The molecule has 0 saturated carbocycles. The number of hydrogen-bond acceptors (Lipinski definition) is 4. The van der Waals surface area contributed by atoms with E-state index in [0.717, 1.165) is 5.56 Å². The maximum atomic E-state index is 11.8. The van der Waals surface area contributed by atoms with Gasteiger partial charge in [-0.25, -0.2) is 5.43 Å². The second kappa shape index (κ2) is 8.95. The number of nitrogens with zero attached hydrogens (tertiary/aromatic N) is 1. The molecule has 3 rings (SSSR count). The highest BCUT2D eigenvalue weighted by molar-refractivity contribution is 6.35. The number of hydrazone groups is 1. The smallest absolute Gasteiger partial charge is 0.277 e. The molecule has 0 fully saturated rings. The van der Waals surface area contributed by atoms with Crippen LogP contribution in [-0.4, -0.2) is 18.7 Å². The molecule has 0 spiro atoms. The number of furan rings is 1. The van der Waals surface area contributed by atoms with Crippen molar-refractivity contribution in [1.82, 2.24) is 5.43 Å². The molecule has 0 aliphatic rings. The molecule has 2 aromatic carbocycles. The lowest BCUT2D eigenvalue weighted by Crippen LogP contribution is -2.24. The molecule has 138 valence electrons. The van der Waals surface area contributed by atoms with E-state index in [9.17, 15) is 4.79 Å². The highest BCUT2D eigenvalue weighted by Crippen LogP contribution is 2.27. The summed E-state index contributed by atoms with van der Waals surface area (Å²) in [4.78, 5) is 11.8. The zero-order valence-corrected chi connectivity index (χ0v) is 16.1. The first-order valence-electron chi connectivity index (χ1n) is 7.77. The third kappa shape index (κ3) is 5.50. The Kier molecular flexibility index (Phi) is 6.40. The second-order valence-corrected chi connectivity index (χ2v) is 6.65. The van der Waals surface area contributed by atoms with Crippen LogP contribution in [0.2, 0.25) is 15.1 Å². The Bertz CT molecular complexity index is 969. The lowest BCUT2D eigenvalue weighted by Gasteiger charge is -2.06. The van der Waals surface area contributed by atoms with E-state index >= 15 is 0 Å². The van der Waals surface area contributed by atoms with Crippen LogP contribution in [0.5, 0.6) is 5.75 Å². The Balaban J connectivity index is 1.51. The van der Waals surface area contributed by atoms with Crippen LogP contribution in [0.25, 0.3) is 11.3 Å². The normalized spacial score (nSPS) is 10.9. The van der Waals surface area contributed by atoms with Crippen LogP contribution in [0.1, 0.15) is 5.76 Å². The molecule has 0 radical (unpaired) electrons. The first-order chi connectivity index (χ1) is 13.0. The topological polar surface area (TPSA) is 63.8 Å². The van der Waals surface area contributed by atoms with E-state index in [4.69, 9.17) is 44.0 Å². The number of nitrogens with one attached hydrogen (secondary N) is 1. The third-order valence-corrected chi connectivity index (χ3v) is 4.17. The third-order valence-electron chi connectivity index (χ3n) is 3.39. The number of benzene rings is 2. The summed E-state index contributed by atoms with van der Waals surface area (Å²) in [6.45, 7) is -0.243. The van der Waals surface area contributed by atoms with Crippen LogP contribution in [0, 0.1) is 0 Å². The van der Waals surface area contributed by atoms with Gasteiger partial charge in [0.25, 0.3) is 5.91 Å². The fourth-order valence-corrected chi connectivity index (χ4v) is 2.72. The van der Waals surface area contributed by atoms with Gasteiger partial charge in [-0.05, 0) is 54.6 Å². The van der Waals surface area contributed by atoms with Crippen molar-refractivity contribution in [2.45, 2.75) is 0 Å². The molecule has 1 heterocycles. The standard InChI is InChI=1S/C19H13Cl3N2O3/c20-13-3-1-12(2-4-13)17-8-6-15(27-17)10-23-24-19(25)11-26-18-7-5-14(21)9-16(18)22/h1-10H,11H2,(H,24,25)/b23-10+. The van der Waals surface area contributed by atoms with Gasteiger partial charge in [0.05, 0.1) is 11.2 Å². The monoisotopic (exact) mass is 422 g/mol. The first-order valence-corrected chi connectivity index (χ1v) is 8.90. The van der Waals surface area contributed by atoms with Gasteiger partial charge in [-0.3, -0.25) is 4.79 Å². The Morgan fingerprint density at radius 1 is 1.04 bits per heavy atom. The van der Waals surface area contributed by atoms with Crippen molar-refractivity contribution in [3.8, 4) is 17.1 Å². The summed E-state index contributed by atoms with van der Waals surface area (Å²) in [5, 5.41) is 5.30. The number of halogens is 3. The van der Waals surface area contributed by atoms with Crippen molar-refractivity contribution in [3.05, 3.63) is 75.4 Å². The average molecular weight is 424 g/mol. The van der Waals surface area contributed by atoms with E-state index in [0.29, 0.717) is 32.3 Å². The maximum Gasteiger partial charge on any atom is 0.277 e. The molecule has 3 aromatic rings. The molecule has 0 atom stereocenters. The van der Waals surface area contributed by atoms with E-state index in [1.165, 1.54) is 12.3 Å². The Labute approximate surface area is 170 Å². The molecule has 5 nitrogen and oxygen atoms in total. The molecule has 1 aromatic heterocycles. The van der Waals surface area contributed by atoms with E-state index in [-0.39, 0.29) is 6.61 Å². The van der Waals surface area contributed by atoms with Gasteiger partial charge in [-0.1, -0.05) is 34.8 Å². The van der Waals surface area contributed by atoms with Gasteiger partial charge in [0.1, 0.15) is 17.3 Å². The number of hydrogen-bond donors (Lipinski definition) is 1. The van der Waals surface area contributed by atoms with Crippen molar-refractivity contribution < 1.29 is 13.9 Å². The van der Waals surface area contributed by atoms with Gasteiger partial charge in [-0.15, -0.1) is 0 Å². The number of carbonyl (C=O) groups excluding carboxylic acids is 1. The number of carbonyl (C=O) groups is 1. The molecule has 0 bridgehead atoms. The van der Waals surface area contributed by atoms with E-state index in [1.807, 2.05) is 12.1 Å². The second-order valence-electron chi connectivity index (χ2n) is 5.37. The average Bonchev–Trinajstić information content (AvgIpc) is 3.10. The molecule has 8 heteroatoms. The number of ether oxygens (including phenoxy) is 1. The van der Waals surface area contributed by atoms with Crippen LogP contribution in [-0.2, 0) is 4.79 Å². The largest absolute Gasteiger partial charge is 0.482 e. The van der Waals surface area contributed by atoms with Crippen LogP contribution < -0.4 is 10.2 Å². The van der Waals surface area contributed by atoms with E-state index < -0.39 is 5.91 Å². The molecule has 27 heavy (non-hydrogen) atoms. The summed E-state index contributed by atoms with van der Waals surface area (Å²) in [6, 6.07) is 15.5. The molecular formula is C19H13Cl3N2O3. The Morgan fingerprint density at radius 3 is 2.52 bits per heavy atom. The minimum Gasteiger partial charge on any atom is -0.482 e.